The quantitative estimate of drug-likeness (QED) is 0.405. The molecule has 1 N–H and O–H groups in total. The molecule has 0 bridgehead atoms. The number of hydrogen-bond donors (Lipinski definition) is 1. The number of aliphatic hydroxyl groups excluding tert-OH is 1. The van der Waals surface area contributed by atoms with Gasteiger partial charge in [-0.25, -0.2) is 21.6 Å². The minimum Gasteiger partial charge on any atom is -0.494 e. The number of ether oxygens (including phenoxy) is 2. The molecule has 0 amide bonds. The van der Waals surface area contributed by atoms with E-state index in [0.717, 1.165) is 15.3 Å². The maximum atomic E-state index is 15.2. The van der Waals surface area contributed by atoms with Crippen molar-refractivity contribution in [3.63, 3.8) is 0 Å². The lowest BCUT2D eigenvalue weighted by molar-refractivity contribution is 0.0573. The van der Waals surface area contributed by atoms with Crippen molar-refractivity contribution in [2.24, 2.45) is 0 Å². The fourth-order valence-electron chi connectivity index (χ4n) is 4.02. The average molecular weight is 614 g/mol. The predicted molar refractivity (Wildman–Crippen MR) is 132 cm³/mol. The van der Waals surface area contributed by atoms with E-state index in [1.54, 1.807) is 6.07 Å². The van der Waals surface area contributed by atoms with Crippen molar-refractivity contribution in [1.82, 2.24) is 0 Å². The van der Waals surface area contributed by atoms with E-state index in [-0.39, 0.29) is 43.0 Å². The zero-order valence-electron chi connectivity index (χ0n) is 19.1. The number of benzene rings is 2. The number of rotatable bonds is 10. The smallest absolute Gasteiger partial charge is 0.240 e. The fraction of sp³-hybridized carbons (Fsp3) is 0.455. The molecule has 1 fully saturated rings. The van der Waals surface area contributed by atoms with E-state index in [0.29, 0.717) is 3.57 Å². The summed E-state index contributed by atoms with van der Waals surface area (Å²) in [6.45, 7) is -0.0461. The molecule has 1 atom stereocenters. The Morgan fingerprint density at radius 3 is 2.29 bits per heavy atom. The van der Waals surface area contributed by atoms with Gasteiger partial charge in [-0.05, 0) is 60.1 Å². The van der Waals surface area contributed by atoms with E-state index >= 15 is 4.39 Å². The van der Waals surface area contributed by atoms with Gasteiger partial charge in [-0.15, -0.1) is 0 Å². The lowest BCUT2D eigenvalue weighted by Crippen LogP contribution is -2.41. The van der Waals surface area contributed by atoms with Gasteiger partial charge < -0.3 is 19.5 Å². The number of sulfonamides is 1. The Hall–Kier alpha value is -1.77. The van der Waals surface area contributed by atoms with Crippen LogP contribution in [-0.2, 0) is 14.8 Å². The Morgan fingerprint density at radius 2 is 1.76 bits per heavy atom. The van der Waals surface area contributed by atoms with Crippen LogP contribution in [0.5, 0.6) is 5.75 Å². The highest BCUT2D eigenvalue weighted by Gasteiger charge is 2.57. The first kappa shape index (κ1) is 26.8. The SMILES string of the molecule is COC[C@@H](O)CC1(S(=O)(=O)N(C)c2c(OC)cc(F)c(F)c2N(C)c2ccc(I)cc2F)CC1. The highest BCUT2D eigenvalue weighted by molar-refractivity contribution is 14.1. The van der Waals surface area contributed by atoms with E-state index < -0.39 is 44.0 Å². The van der Waals surface area contributed by atoms with Crippen LogP contribution in [0.1, 0.15) is 19.3 Å². The molecule has 0 radical (unpaired) electrons. The van der Waals surface area contributed by atoms with Crippen LogP contribution in [0.2, 0.25) is 0 Å². The number of aliphatic hydroxyl groups is 1. The van der Waals surface area contributed by atoms with Crippen molar-refractivity contribution in [2.45, 2.75) is 30.1 Å². The van der Waals surface area contributed by atoms with Gasteiger partial charge in [-0.2, -0.15) is 0 Å². The molecule has 0 aromatic heterocycles. The van der Waals surface area contributed by atoms with Crippen LogP contribution in [0.25, 0.3) is 0 Å². The molecule has 1 aliphatic carbocycles. The first-order valence-electron chi connectivity index (χ1n) is 10.3. The summed E-state index contributed by atoms with van der Waals surface area (Å²) in [6, 6.07) is 4.94. The van der Waals surface area contributed by atoms with Crippen LogP contribution in [-0.4, -0.2) is 59.3 Å². The van der Waals surface area contributed by atoms with Crippen molar-refractivity contribution in [2.75, 3.05) is 44.1 Å². The minimum absolute atomic E-state index is 0.0461. The average Bonchev–Trinajstić information content (AvgIpc) is 3.55. The van der Waals surface area contributed by atoms with E-state index in [1.165, 1.54) is 40.4 Å². The topological polar surface area (TPSA) is 79.3 Å². The lowest BCUT2D eigenvalue weighted by Gasteiger charge is -2.32. The Labute approximate surface area is 210 Å². The molecule has 34 heavy (non-hydrogen) atoms. The maximum absolute atomic E-state index is 15.2. The zero-order chi connectivity index (χ0) is 25.4. The maximum Gasteiger partial charge on any atom is 0.240 e. The van der Waals surface area contributed by atoms with E-state index in [1.807, 2.05) is 22.6 Å². The summed E-state index contributed by atoms with van der Waals surface area (Å²) in [5, 5.41) is 10.2. The van der Waals surface area contributed by atoms with Crippen LogP contribution in [0, 0.1) is 21.0 Å². The molecule has 2 aromatic rings. The molecule has 1 aliphatic rings. The number of hydrogen-bond acceptors (Lipinski definition) is 6. The number of anilines is 3. The van der Waals surface area contributed by atoms with Gasteiger partial charge in [0.1, 0.15) is 22.9 Å². The summed E-state index contributed by atoms with van der Waals surface area (Å²) in [5.41, 5.74) is -0.874. The van der Waals surface area contributed by atoms with Crippen molar-refractivity contribution in [3.05, 3.63) is 45.3 Å². The second-order valence-corrected chi connectivity index (χ2v) is 11.8. The molecule has 188 valence electrons. The Morgan fingerprint density at radius 1 is 1.12 bits per heavy atom. The van der Waals surface area contributed by atoms with E-state index in [2.05, 4.69) is 0 Å². The van der Waals surface area contributed by atoms with Gasteiger partial charge in [-0.3, -0.25) is 4.31 Å². The minimum atomic E-state index is -4.18. The van der Waals surface area contributed by atoms with Gasteiger partial charge in [0.15, 0.2) is 11.6 Å². The van der Waals surface area contributed by atoms with Gasteiger partial charge in [-0.1, -0.05) is 0 Å². The highest BCUT2D eigenvalue weighted by atomic mass is 127. The highest BCUT2D eigenvalue weighted by Crippen LogP contribution is 2.52. The molecule has 0 unspecified atom stereocenters. The van der Waals surface area contributed by atoms with Gasteiger partial charge >= 0.3 is 0 Å². The normalized spacial score (nSPS) is 15.7. The summed E-state index contributed by atoms with van der Waals surface area (Å²) in [7, 11) is 0.912. The second-order valence-electron chi connectivity index (χ2n) is 8.20. The second kappa shape index (κ2) is 10.1. The summed E-state index contributed by atoms with van der Waals surface area (Å²) < 4.78 is 82.0. The Bertz CT molecular complexity index is 1180. The molecule has 0 spiro atoms. The number of halogens is 4. The van der Waals surface area contributed by atoms with Crippen molar-refractivity contribution >= 4 is 49.7 Å². The molecule has 2 aromatic carbocycles. The fourth-order valence-corrected chi connectivity index (χ4v) is 6.49. The van der Waals surface area contributed by atoms with Crippen molar-refractivity contribution in [1.29, 1.82) is 0 Å². The summed E-state index contributed by atoms with van der Waals surface area (Å²) >= 11 is 1.91. The summed E-state index contributed by atoms with van der Waals surface area (Å²) in [4.78, 5) is 1.05. The standard InChI is InChI=1S/C22H26F3IN2O5S/c1-27(17-6-5-13(26)9-15(17)23)21-19(25)16(24)10-18(33-4)20(21)28(2)34(30,31)22(7-8-22)11-14(29)12-32-3/h5-6,9-10,14,29H,7-8,11-12H2,1-4H3/t14-/m0/s1. The molecule has 1 saturated carbocycles. The molecular formula is C22H26F3IN2O5S. The third kappa shape index (κ3) is 4.82. The van der Waals surface area contributed by atoms with Gasteiger partial charge in [0, 0.05) is 30.8 Å². The molecule has 0 saturated heterocycles. The molecule has 7 nitrogen and oxygen atoms in total. The third-order valence-electron chi connectivity index (χ3n) is 5.96. The van der Waals surface area contributed by atoms with Gasteiger partial charge in [0.25, 0.3) is 0 Å². The zero-order valence-corrected chi connectivity index (χ0v) is 22.1. The number of nitrogens with zero attached hydrogens (tertiary/aromatic N) is 2. The van der Waals surface area contributed by atoms with Crippen LogP contribution >= 0.6 is 22.6 Å². The van der Waals surface area contributed by atoms with Crippen LogP contribution in [0.4, 0.5) is 30.2 Å². The first-order chi connectivity index (χ1) is 15.9. The third-order valence-corrected chi connectivity index (χ3v) is 9.20. The molecule has 0 heterocycles. The largest absolute Gasteiger partial charge is 0.494 e. The first-order valence-corrected chi connectivity index (χ1v) is 12.8. The lowest BCUT2D eigenvalue weighted by atomic mass is 10.1. The van der Waals surface area contributed by atoms with Crippen LogP contribution in [0.3, 0.4) is 0 Å². The van der Waals surface area contributed by atoms with Gasteiger partial charge in [0.05, 0.1) is 30.3 Å². The predicted octanol–water partition coefficient (Wildman–Crippen LogP) is 4.18. The molecule has 12 heteroatoms. The summed E-state index contributed by atoms with van der Waals surface area (Å²) in [5.74, 6) is -3.58. The molecular weight excluding hydrogens is 588 g/mol. The van der Waals surface area contributed by atoms with Crippen LogP contribution < -0.4 is 13.9 Å². The number of methoxy groups -OCH3 is 2. The van der Waals surface area contributed by atoms with Gasteiger partial charge in [0.2, 0.25) is 10.0 Å². The molecule has 3 rings (SSSR count). The monoisotopic (exact) mass is 614 g/mol. The Kier molecular flexibility index (Phi) is 7.95. The van der Waals surface area contributed by atoms with Crippen LogP contribution in [0.15, 0.2) is 24.3 Å². The van der Waals surface area contributed by atoms with Crippen molar-refractivity contribution in [3.8, 4) is 5.75 Å². The molecule has 0 aliphatic heterocycles. The van der Waals surface area contributed by atoms with Crippen molar-refractivity contribution < 1.29 is 36.2 Å². The Balaban J connectivity index is 2.17. The summed E-state index contributed by atoms with van der Waals surface area (Å²) in [6.07, 6.45) is -0.547. The van der Waals surface area contributed by atoms with E-state index in [9.17, 15) is 22.3 Å². The van der Waals surface area contributed by atoms with E-state index in [4.69, 9.17) is 9.47 Å².